The Labute approximate surface area is 234 Å². The molecule has 2 aromatic rings. The number of carbonyl (C=O) groups excluding carboxylic acids is 3. The summed E-state index contributed by atoms with van der Waals surface area (Å²) in [4.78, 5) is 40.5. The Morgan fingerprint density at radius 3 is 1.86 bits per heavy atom. The number of amides is 3. The Morgan fingerprint density at radius 1 is 0.857 bits per heavy atom. The molecule has 2 unspecified atom stereocenters. The fraction of sp³-hybridized carbons (Fsp3) is 0.444. The number of imide groups is 1. The zero-order valence-electron chi connectivity index (χ0n) is 22.4. The third kappa shape index (κ3) is 6.98. The number of carbonyl (C=O) groups is 3. The van der Waals surface area contributed by atoms with Crippen LogP contribution in [0, 0.1) is 0 Å². The minimum absolute atomic E-state index is 0.0693. The first-order valence-corrected chi connectivity index (χ1v) is 12.6. The molecule has 0 aromatic heterocycles. The highest BCUT2D eigenvalue weighted by Crippen LogP contribution is 2.45. The summed E-state index contributed by atoms with van der Waals surface area (Å²) in [5.74, 6) is -2.27. The van der Waals surface area contributed by atoms with Crippen molar-refractivity contribution in [1.82, 2.24) is 4.90 Å². The number of ether oxygens (including phenoxy) is 1. The largest absolute Gasteiger partial charge is 0.449 e. The number of fused-ring (bicyclic) bond motifs is 1. The molecule has 0 saturated carbocycles. The molecule has 2 aromatic carbocycles. The van der Waals surface area contributed by atoms with Gasteiger partial charge in [-0.25, -0.2) is 4.79 Å². The van der Waals surface area contributed by atoms with Crippen molar-refractivity contribution in [2.45, 2.75) is 70.6 Å². The average Bonchev–Trinajstić information content (AvgIpc) is 2.86. The number of rotatable bonds is 5. The SMILES string of the molecule is CCOC(=O)N1c2ccc(C(F)(F)F)cc2C(N(C(C)=O)C(=O)Cc2cc(C(F)(F)F)cc(C(F)(F)F)c2)CC1CC. The standard InChI is InChI=1S/C27H25F9N2O4/c1-4-19-13-22(20-12-16(25(28,29)30)6-7-21(20)38(19)24(41)42-5-2)37(14(3)39)23(40)10-15-8-17(26(31,32)33)11-18(9-15)27(34,35)36/h6-9,11-12,19,22H,4-5,10,13H2,1-3H3. The van der Waals surface area contributed by atoms with Crippen LogP contribution < -0.4 is 4.90 Å². The van der Waals surface area contributed by atoms with Crippen molar-refractivity contribution in [3.63, 3.8) is 0 Å². The quantitative estimate of drug-likeness (QED) is 0.327. The first-order valence-electron chi connectivity index (χ1n) is 12.6. The summed E-state index contributed by atoms with van der Waals surface area (Å²) < 4.78 is 126. The first kappa shape index (κ1) is 32.7. The van der Waals surface area contributed by atoms with Gasteiger partial charge in [-0.3, -0.25) is 19.4 Å². The van der Waals surface area contributed by atoms with E-state index in [2.05, 4.69) is 0 Å². The van der Waals surface area contributed by atoms with Crippen LogP contribution in [0.3, 0.4) is 0 Å². The summed E-state index contributed by atoms with van der Waals surface area (Å²) in [6.07, 6.45) is -17.3. The van der Waals surface area contributed by atoms with Crippen molar-refractivity contribution >= 4 is 23.6 Å². The predicted molar refractivity (Wildman–Crippen MR) is 130 cm³/mol. The van der Waals surface area contributed by atoms with Crippen LogP contribution in [-0.2, 0) is 39.3 Å². The number of benzene rings is 2. The summed E-state index contributed by atoms with van der Waals surface area (Å²) >= 11 is 0. The molecule has 0 fully saturated rings. The fourth-order valence-electron chi connectivity index (χ4n) is 4.89. The van der Waals surface area contributed by atoms with Crippen molar-refractivity contribution in [1.29, 1.82) is 0 Å². The van der Waals surface area contributed by atoms with E-state index < -0.39 is 77.2 Å². The Bertz CT molecular complexity index is 1320. The molecule has 1 aliphatic heterocycles. The van der Waals surface area contributed by atoms with E-state index in [1.165, 1.54) is 6.92 Å². The van der Waals surface area contributed by atoms with Crippen molar-refractivity contribution in [3.8, 4) is 0 Å². The highest BCUT2D eigenvalue weighted by molar-refractivity contribution is 5.97. The van der Waals surface area contributed by atoms with Crippen LogP contribution in [0.5, 0.6) is 0 Å². The number of hydrogen-bond acceptors (Lipinski definition) is 4. The topological polar surface area (TPSA) is 66.9 Å². The van der Waals surface area contributed by atoms with E-state index >= 15 is 0 Å². The van der Waals surface area contributed by atoms with E-state index in [1.54, 1.807) is 6.92 Å². The third-order valence-electron chi connectivity index (χ3n) is 6.69. The molecule has 2 atom stereocenters. The van der Waals surface area contributed by atoms with E-state index in [-0.39, 0.29) is 36.8 Å². The van der Waals surface area contributed by atoms with Gasteiger partial charge in [-0.15, -0.1) is 0 Å². The maximum atomic E-state index is 13.6. The molecule has 42 heavy (non-hydrogen) atoms. The van der Waals surface area contributed by atoms with Gasteiger partial charge < -0.3 is 4.74 Å². The Hall–Kier alpha value is -3.78. The van der Waals surface area contributed by atoms with E-state index in [0.717, 1.165) is 17.9 Å². The monoisotopic (exact) mass is 612 g/mol. The van der Waals surface area contributed by atoms with Gasteiger partial charge in [-0.1, -0.05) is 6.92 Å². The number of hydrogen-bond donors (Lipinski definition) is 0. The van der Waals surface area contributed by atoms with Crippen LogP contribution in [0.4, 0.5) is 50.0 Å². The molecule has 0 N–H and O–H groups in total. The lowest BCUT2D eigenvalue weighted by molar-refractivity contribution is -0.148. The minimum Gasteiger partial charge on any atom is -0.449 e. The van der Waals surface area contributed by atoms with Crippen LogP contribution in [0.25, 0.3) is 0 Å². The van der Waals surface area contributed by atoms with Gasteiger partial charge in [0.05, 0.1) is 41.4 Å². The van der Waals surface area contributed by atoms with Crippen molar-refractivity contribution in [3.05, 3.63) is 64.2 Å². The Balaban J connectivity index is 2.15. The summed E-state index contributed by atoms with van der Waals surface area (Å²) in [7, 11) is 0. The average molecular weight is 612 g/mol. The van der Waals surface area contributed by atoms with Gasteiger partial charge >= 0.3 is 24.6 Å². The minimum atomic E-state index is -5.19. The zero-order valence-corrected chi connectivity index (χ0v) is 22.4. The maximum Gasteiger partial charge on any atom is 0.416 e. The smallest absolute Gasteiger partial charge is 0.416 e. The summed E-state index contributed by atoms with van der Waals surface area (Å²) in [6, 6.07) is 0.639. The fourth-order valence-corrected chi connectivity index (χ4v) is 4.89. The number of nitrogens with zero attached hydrogens (tertiary/aromatic N) is 2. The molecule has 15 heteroatoms. The molecule has 0 saturated heterocycles. The second-order valence-corrected chi connectivity index (χ2v) is 9.53. The van der Waals surface area contributed by atoms with Gasteiger partial charge in [0.2, 0.25) is 11.8 Å². The molecule has 3 rings (SSSR count). The van der Waals surface area contributed by atoms with Crippen molar-refractivity contribution < 1.29 is 58.6 Å². The summed E-state index contributed by atoms with van der Waals surface area (Å²) in [5, 5.41) is 0. The van der Waals surface area contributed by atoms with Gasteiger partial charge in [-0.2, -0.15) is 39.5 Å². The van der Waals surface area contributed by atoms with E-state index in [4.69, 9.17) is 4.74 Å². The van der Waals surface area contributed by atoms with Gasteiger partial charge in [0, 0.05) is 13.0 Å². The van der Waals surface area contributed by atoms with Gasteiger partial charge in [0.15, 0.2) is 0 Å². The van der Waals surface area contributed by atoms with E-state index in [0.29, 0.717) is 29.2 Å². The maximum absolute atomic E-state index is 13.6. The molecule has 6 nitrogen and oxygen atoms in total. The van der Waals surface area contributed by atoms with Gasteiger partial charge in [-0.05, 0) is 67.3 Å². The van der Waals surface area contributed by atoms with Crippen LogP contribution in [0.2, 0.25) is 0 Å². The molecule has 0 radical (unpaired) electrons. The summed E-state index contributed by atoms with van der Waals surface area (Å²) in [5.41, 5.74) is -5.61. The number of anilines is 1. The molecular weight excluding hydrogens is 587 g/mol. The van der Waals surface area contributed by atoms with Crippen molar-refractivity contribution in [2.75, 3.05) is 11.5 Å². The summed E-state index contributed by atoms with van der Waals surface area (Å²) in [6.45, 7) is 3.95. The lowest BCUT2D eigenvalue weighted by atomic mass is 9.87. The molecule has 3 amide bonds. The second-order valence-electron chi connectivity index (χ2n) is 9.53. The van der Waals surface area contributed by atoms with Crippen molar-refractivity contribution in [2.24, 2.45) is 0 Å². The van der Waals surface area contributed by atoms with E-state index in [9.17, 15) is 53.9 Å². The third-order valence-corrected chi connectivity index (χ3v) is 6.69. The van der Waals surface area contributed by atoms with Crippen LogP contribution >= 0.6 is 0 Å². The molecular formula is C27H25F9N2O4. The molecule has 1 heterocycles. The zero-order chi connectivity index (χ0) is 31.8. The van der Waals surface area contributed by atoms with Gasteiger partial charge in [0.1, 0.15) is 0 Å². The van der Waals surface area contributed by atoms with Crippen LogP contribution in [0.1, 0.15) is 67.5 Å². The molecule has 0 spiro atoms. The molecule has 230 valence electrons. The predicted octanol–water partition coefficient (Wildman–Crippen LogP) is 7.55. The van der Waals surface area contributed by atoms with E-state index in [1.807, 2.05) is 0 Å². The molecule has 0 bridgehead atoms. The highest BCUT2D eigenvalue weighted by atomic mass is 19.4. The lowest BCUT2D eigenvalue weighted by Gasteiger charge is -2.43. The van der Waals surface area contributed by atoms with Crippen LogP contribution in [-0.4, -0.2) is 35.5 Å². The first-order chi connectivity index (χ1) is 19.3. The normalized spacial score (nSPS) is 17.5. The Morgan fingerprint density at radius 2 is 1.40 bits per heavy atom. The molecule has 0 aliphatic carbocycles. The Kier molecular flexibility index (Phi) is 9.23. The number of alkyl halides is 9. The molecule has 1 aliphatic rings. The van der Waals surface area contributed by atoms with Gasteiger partial charge in [0.25, 0.3) is 0 Å². The second kappa shape index (κ2) is 11.8. The highest BCUT2D eigenvalue weighted by Gasteiger charge is 2.43. The number of halogens is 9. The lowest BCUT2D eigenvalue weighted by Crippen LogP contribution is -2.50. The van der Waals surface area contributed by atoms with Crippen LogP contribution in [0.15, 0.2) is 36.4 Å².